The Balaban J connectivity index is 1.88. The highest BCUT2D eigenvalue weighted by Crippen LogP contribution is 2.22. The molecule has 0 radical (unpaired) electrons. The Morgan fingerprint density at radius 1 is 1.53 bits per heavy atom. The summed E-state index contributed by atoms with van der Waals surface area (Å²) in [7, 11) is 1.95. The largest absolute Gasteiger partial charge is 0.347 e. The predicted octanol–water partition coefficient (Wildman–Crippen LogP) is 0.488. The van der Waals surface area contributed by atoms with Crippen molar-refractivity contribution in [2.45, 2.75) is 32.4 Å². The monoisotopic (exact) mass is 232 g/mol. The molecule has 0 amide bonds. The van der Waals surface area contributed by atoms with E-state index < -0.39 is 0 Å². The highest BCUT2D eigenvalue weighted by atomic mass is 15.3. The van der Waals surface area contributed by atoms with E-state index in [9.17, 15) is 0 Å². The van der Waals surface area contributed by atoms with Crippen LogP contribution in [-0.4, -0.2) is 24.7 Å². The van der Waals surface area contributed by atoms with E-state index in [4.69, 9.17) is 0 Å². The Labute approximate surface area is 99.5 Å². The summed E-state index contributed by atoms with van der Waals surface area (Å²) in [6, 6.07) is 0.212. The summed E-state index contributed by atoms with van der Waals surface area (Å²) < 4.78 is 1.87. The van der Waals surface area contributed by atoms with Gasteiger partial charge in [-0.05, 0) is 0 Å². The first-order valence-electron chi connectivity index (χ1n) is 5.92. The van der Waals surface area contributed by atoms with Crippen LogP contribution in [0.1, 0.15) is 36.0 Å². The molecule has 1 unspecified atom stereocenters. The van der Waals surface area contributed by atoms with Crippen molar-refractivity contribution in [3.63, 3.8) is 0 Å². The van der Waals surface area contributed by atoms with Crippen LogP contribution in [0.4, 0.5) is 0 Å². The number of hydrogen-bond donors (Lipinski definition) is 2. The molecule has 1 aliphatic rings. The molecule has 0 aromatic carbocycles. The molecule has 3 heterocycles. The molecule has 6 heteroatoms. The molecule has 90 valence electrons. The van der Waals surface area contributed by atoms with Crippen LogP contribution in [0.3, 0.4) is 0 Å². The van der Waals surface area contributed by atoms with Crippen molar-refractivity contribution in [3.8, 4) is 0 Å². The fraction of sp³-hybridized carbons (Fsp3) is 0.545. The number of aromatic amines is 1. The van der Waals surface area contributed by atoms with E-state index in [0.717, 1.165) is 36.7 Å². The van der Waals surface area contributed by atoms with Gasteiger partial charge in [-0.1, -0.05) is 6.92 Å². The molecule has 0 aliphatic carbocycles. The fourth-order valence-corrected chi connectivity index (χ4v) is 2.26. The van der Waals surface area contributed by atoms with Gasteiger partial charge in [-0.15, -0.1) is 0 Å². The van der Waals surface area contributed by atoms with Gasteiger partial charge < -0.3 is 10.3 Å². The van der Waals surface area contributed by atoms with Gasteiger partial charge >= 0.3 is 0 Å². The second-order valence-corrected chi connectivity index (χ2v) is 4.33. The summed E-state index contributed by atoms with van der Waals surface area (Å²) in [5, 5.41) is 7.85. The number of nitrogens with one attached hydrogen (secondary N) is 2. The first-order chi connectivity index (χ1) is 8.28. The molecule has 2 N–H and O–H groups in total. The quantitative estimate of drug-likeness (QED) is 0.790. The smallest absolute Gasteiger partial charge is 0.150 e. The topological polar surface area (TPSA) is 71.4 Å². The van der Waals surface area contributed by atoms with Crippen molar-refractivity contribution < 1.29 is 0 Å². The number of rotatable bonds is 2. The molecule has 0 fully saturated rings. The Kier molecular flexibility index (Phi) is 2.44. The summed E-state index contributed by atoms with van der Waals surface area (Å²) in [5.74, 6) is 1.90. The Morgan fingerprint density at radius 3 is 3.18 bits per heavy atom. The van der Waals surface area contributed by atoms with Gasteiger partial charge in [0.25, 0.3) is 0 Å². The number of hydrogen-bond acceptors (Lipinski definition) is 4. The normalized spacial score (nSPS) is 19.3. The molecule has 0 saturated carbocycles. The molecule has 3 rings (SSSR count). The highest BCUT2D eigenvalue weighted by molar-refractivity contribution is 5.18. The Hall–Kier alpha value is -1.69. The first-order valence-corrected chi connectivity index (χ1v) is 5.92. The number of fused-ring (bicyclic) bond motifs is 1. The number of nitrogens with zero attached hydrogens (tertiary/aromatic N) is 4. The third kappa shape index (κ3) is 1.74. The van der Waals surface area contributed by atoms with Crippen LogP contribution in [0.25, 0.3) is 0 Å². The van der Waals surface area contributed by atoms with E-state index in [0.29, 0.717) is 0 Å². The second-order valence-electron chi connectivity index (χ2n) is 4.33. The number of H-pyrrole nitrogens is 1. The zero-order valence-electron chi connectivity index (χ0n) is 10.1. The lowest BCUT2D eigenvalue weighted by molar-refractivity contribution is 0.450. The number of aryl methyl sites for hydroxylation is 2. The summed E-state index contributed by atoms with van der Waals surface area (Å²) in [6.45, 7) is 2.88. The summed E-state index contributed by atoms with van der Waals surface area (Å²) in [6.07, 6.45) is 3.49. The van der Waals surface area contributed by atoms with Gasteiger partial charge in [-0.3, -0.25) is 4.68 Å². The van der Waals surface area contributed by atoms with Gasteiger partial charge in [0.1, 0.15) is 5.82 Å². The van der Waals surface area contributed by atoms with Crippen LogP contribution < -0.4 is 5.32 Å². The highest BCUT2D eigenvalue weighted by Gasteiger charge is 2.25. The van der Waals surface area contributed by atoms with Gasteiger partial charge in [0.15, 0.2) is 5.82 Å². The summed E-state index contributed by atoms with van der Waals surface area (Å²) >= 11 is 0. The lowest BCUT2D eigenvalue weighted by Crippen LogP contribution is -2.30. The summed E-state index contributed by atoms with van der Waals surface area (Å²) in [4.78, 5) is 12.0. The second kappa shape index (κ2) is 3.96. The van der Waals surface area contributed by atoms with Crippen molar-refractivity contribution in [2.75, 3.05) is 0 Å². The molecule has 0 spiro atoms. The maximum absolute atomic E-state index is 4.56. The number of aromatic nitrogens is 5. The van der Waals surface area contributed by atoms with Gasteiger partial charge in [-0.2, -0.15) is 5.10 Å². The van der Waals surface area contributed by atoms with Gasteiger partial charge in [0.05, 0.1) is 23.8 Å². The minimum absolute atomic E-state index is 0.212. The predicted molar refractivity (Wildman–Crippen MR) is 62.3 cm³/mol. The third-order valence-electron chi connectivity index (χ3n) is 3.20. The first kappa shape index (κ1) is 10.5. The maximum atomic E-state index is 4.56. The van der Waals surface area contributed by atoms with E-state index in [1.54, 1.807) is 6.33 Å². The minimum atomic E-state index is 0.212. The van der Waals surface area contributed by atoms with Crippen LogP contribution in [0, 0.1) is 0 Å². The van der Waals surface area contributed by atoms with E-state index in [1.165, 1.54) is 5.69 Å². The SMILES string of the molecule is CCc1nc(C2Cc3nc[nH]c3CN2)n(C)n1. The van der Waals surface area contributed by atoms with Gasteiger partial charge in [0.2, 0.25) is 0 Å². The molecule has 17 heavy (non-hydrogen) atoms. The lowest BCUT2D eigenvalue weighted by Gasteiger charge is -2.21. The standard InChI is InChI=1S/C11H16N6/c1-3-10-15-11(17(2)16-10)8-4-7-9(5-12-8)14-6-13-7/h6,8,12H,3-5H2,1-2H3,(H,13,14). The van der Waals surface area contributed by atoms with E-state index in [1.807, 2.05) is 11.7 Å². The van der Waals surface area contributed by atoms with Crippen LogP contribution in [0.5, 0.6) is 0 Å². The summed E-state index contributed by atoms with van der Waals surface area (Å²) in [5.41, 5.74) is 2.31. The van der Waals surface area contributed by atoms with Gasteiger partial charge in [0, 0.05) is 26.4 Å². The van der Waals surface area contributed by atoms with Crippen molar-refractivity contribution >= 4 is 0 Å². The molecule has 2 aromatic rings. The zero-order valence-corrected chi connectivity index (χ0v) is 10.1. The van der Waals surface area contributed by atoms with Crippen LogP contribution in [0.2, 0.25) is 0 Å². The molecule has 1 aliphatic heterocycles. The van der Waals surface area contributed by atoms with E-state index in [-0.39, 0.29) is 6.04 Å². The van der Waals surface area contributed by atoms with Gasteiger partial charge in [-0.25, -0.2) is 9.97 Å². The molecule has 2 aromatic heterocycles. The van der Waals surface area contributed by atoms with E-state index in [2.05, 4.69) is 32.3 Å². The zero-order chi connectivity index (χ0) is 11.8. The molecule has 0 bridgehead atoms. The lowest BCUT2D eigenvalue weighted by atomic mass is 10.1. The average Bonchev–Trinajstić information content (AvgIpc) is 2.93. The van der Waals surface area contributed by atoms with Crippen LogP contribution >= 0.6 is 0 Å². The van der Waals surface area contributed by atoms with Crippen LogP contribution in [0.15, 0.2) is 6.33 Å². The minimum Gasteiger partial charge on any atom is -0.347 e. The van der Waals surface area contributed by atoms with Crippen molar-refractivity contribution in [3.05, 3.63) is 29.4 Å². The molecule has 0 saturated heterocycles. The fourth-order valence-electron chi connectivity index (χ4n) is 2.26. The van der Waals surface area contributed by atoms with Crippen LogP contribution in [-0.2, 0) is 26.4 Å². The molecular formula is C11H16N6. The average molecular weight is 232 g/mol. The van der Waals surface area contributed by atoms with Crippen molar-refractivity contribution in [2.24, 2.45) is 7.05 Å². The van der Waals surface area contributed by atoms with E-state index >= 15 is 0 Å². The Bertz CT molecular complexity index is 526. The maximum Gasteiger partial charge on any atom is 0.150 e. The molecule has 1 atom stereocenters. The number of imidazole rings is 1. The van der Waals surface area contributed by atoms with Crippen molar-refractivity contribution in [1.82, 2.24) is 30.0 Å². The molecule has 6 nitrogen and oxygen atoms in total. The third-order valence-corrected chi connectivity index (χ3v) is 3.20. The van der Waals surface area contributed by atoms with Crippen molar-refractivity contribution in [1.29, 1.82) is 0 Å². The molecular weight excluding hydrogens is 216 g/mol. The Morgan fingerprint density at radius 2 is 2.41 bits per heavy atom.